The van der Waals surface area contributed by atoms with Crippen LogP contribution in [0, 0.1) is 12.7 Å². The van der Waals surface area contributed by atoms with Crippen molar-refractivity contribution in [3.8, 4) is 0 Å². The van der Waals surface area contributed by atoms with Crippen LogP contribution < -0.4 is 0 Å². The molecule has 1 aromatic carbocycles. The molecule has 1 nitrogen and oxygen atoms in total. The highest BCUT2D eigenvalue weighted by Gasteiger charge is 2.15. The van der Waals surface area contributed by atoms with Crippen LogP contribution in [0.15, 0.2) is 32.5 Å². The Morgan fingerprint density at radius 1 is 1.33 bits per heavy atom. The summed E-state index contributed by atoms with van der Waals surface area (Å²) in [6, 6.07) is 6.68. The zero-order valence-corrected chi connectivity index (χ0v) is 13.6. The molecule has 1 N–H and O–H groups in total. The first-order valence-electron chi connectivity index (χ1n) is 5.35. The van der Waals surface area contributed by atoms with E-state index in [0.29, 0.717) is 5.56 Å². The number of benzene rings is 1. The van der Waals surface area contributed by atoms with E-state index in [1.165, 1.54) is 17.4 Å². The molecule has 1 aromatic heterocycles. The molecule has 5 heteroatoms. The van der Waals surface area contributed by atoms with Gasteiger partial charge in [0.1, 0.15) is 5.82 Å². The normalized spacial score (nSPS) is 12.7. The smallest absolute Gasteiger partial charge is 0.126 e. The van der Waals surface area contributed by atoms with Gasteiger partial charge >= 0.3 is 0 Å². The number of aryl methyl sites for hydroxylation is 1. The highest BCUT2D eigenvalue weighted by molar-refractivity contribution is 9.11. The molecule has 0 fully saturated rings. The lowest BCUT2D eigenvalue weighted by Gasteiger charge is -2.09. The average molecular weight is 394 g/mol. The zero-order chi connectivity index (χ0) is 13.3. The van der Waals surface area contributed by atoms with Gasteiger partial charge in [0.15, 0.2) is 0 Å². The largest absolute Gasteiger partial charge is 0.387 e. The molecule has 0 amide bonds. The van der Waals surface area contributed by atoms with Gasteiger partial charge in [-0.1, -0.05) is 15.9 Å². The standard InChI is InChI=1S/C13H11Br2FOS/c1-7-4-12(18-13(7)15)11(17)6-8-5-9(14)2-3-10(8)16/h2-5,11,17H,6H2,1H3. The summed E-state index contributed by atoms with van der Waals surface area (Å²) in [5.41, 5.74) is 1.60. The molecule has 2 aromatic rings. The van der Waals surface area contributed by atoms with Crippen LogP contribution >= 0.6 is 43.2 Å². The van der Waals surface area contributed by atoms with Crippen LogP contribution in [0.3, 0.4) is 0 Å². The van der Waals surface area contributed by atoms with Crippen LogP contribution in [-0.2, 0) is 6.42 Å². The second-order valence-corrected chi connectivity index (χ2v) is 7.38. The summed E-state index contributed by atoms with van der Waals surface area (Å²) in [6.45, 7) is 1.97. The summed E-state index contributed by atoms with van der Waals surface area (Å²) in [5, 5.41) is 10.1. The molecule has 0 aliphatic carbocycles. The summed E-state index contributed by atoms with van der Waals surface area (Å²) in [5.74, 6) is -0.287. The van der Waals surface area contributed by atoms with Gasteiger partial charge in [0.25, 0.3) is 0 Å². The highest BCUT2D eigenvalue weighted by atomic mass is 79.9. The van der Waals surface area contributed by atoms with Gasteiger partial charge in [0, 0.05) is 15.8 Å². The van der Waals surface area contributed by atoms with Crippen LogP contribution in [0.25, 0.3) is 0 Å². The fraction of sp³-hybridized carbons (Fsp3) is 0.231. The van der Waals surface area contributed by atoms with Crippen molar-refractivity contribution in [1.82, 2.24) is 0 Å². The predicted molar refractivity (Wildman–Crippen MR) is 79.5 cm³/mol. The summed E-state index contributed by atoms with van der Waals surface area (Å²) in [4.78, 5) is 0.846. The van der Waals surface area contributed by atoms with E-state index in [2.05, 4.69) is 31.9 Å². The minimum absolute atomic E-state index is 0.275. The molecule has 96 valence electrons. The number of thiophene rings is 1. The summed E-state index contributed by atoms with van der Waals surface area (Å²) in [7, 11) is 0. The third-order valence-corrected chi connectivity index (χ3v) is 5.36. The molecule has 18 heavy (non-hydrogen) atoms. The lowest BCUT2D eigenvalue weighted by Crippen LogP contribution is -2.01. The van der Waals surface area contributed by atoms with E-state index in [4.69, 9.17) is 0 Å². The molecule has 1 unspecified atom stereocenters. The number of halogens is 3. The molecule has 0 spiro atoms. The second kappa shape index (κ2) is 5.82. The number of aliphatic hydroxyl groups excluding tert-OH is 1. The molecule has 0 saturated heterocycles. The Morgan fingerprint density at radius 3 is 2.67 bits per heavy atom. The van der Waals surface area contributed by atoms with Crippen LogP contribution in [0.2, 0.25) is 0 Å². The van der Waals surface area contributed by atoms with Gasteiger partial charge in [0.2, 0.25) is 0 Å². The van der Waals surface area contributed by atoms with E-state index in [0.717, 1.165) is 18.7 Å². The van der Waals surface area contributed by atoms with E-state index in [9.17, 15) is 9.50 Å². The Morgan fingerprint density at radius 2 is 2.06 bits per heavy atom. The number of aliphatic hydroxyl groups is 1. The molecule has 1 heterocycles. The van der Waals surface area contributed by atoms with E-state index >= 15 is 0 Å². The fourth-order valence-corrected chi connectivity index (χ4v) is 3.62. The molecule has 0 bridgehead atoms. The maximum atomic E-state index is 13.6. The quantitative estimate of drug-likeness (QED) is 0.778. The fourth-order valence-electron chi connectivity index (χ4n) is 1.66. The second-order valence-electron chi connectivity index (χ2n) is 4.06. The van der Waals surface area contributed by atoms with Crippen molar-refractivity contribution in [3.05, 3.63) is 54.3 Å². The topological polar surface area (TPSA) is 20.2 Å². The summed E-state index contributed by atoms with van der Waals surface area (Å²) in [6.07, 6.45) is -0.402. The number of hydrogen-bond donors (Lipinski definition) is 1. The first-order chi connectivity index (χ1) is 8.47. The molecule has 0 saturated carbocycles. The summed E-state index contributed by atoms with van der Waals surface area (Å²) >= 11 is 8.21. The van der Waals surface area contributed by atoms with Crippen molar-refractivity contribution in [1.29, 1.82) is 0 Å². The van der Waals surface area contributed by atoms with Crippen molar-refractivity contribution in [2.24, 2.45) is 0 Å². The molecule has 0 aliphatic heterocycles. The Kier molecular flexibility index (Phi) is 4.59. The van der Waals surface area contributed by atoms with Gasteiger partial charge in [0.05, 0.1) is 9.89 Å². The predicted octanol–water partition coefficient (Wildman–Crippen LogP) is 5.00. The lowest BCUT2D eigenvalue weighted by atomic mass is 10.1. The van der Waals surface area contributed by atoms with Crippen molar-refractivity contribution in [2.75, 3.05) is 0 Å². The molecule has 0 aliphatic rings. The van der Waals surface area contributed by atoms with Crippen molar-refractivity contribution < 1.29 is 9.50 Å². The van der Waals surface area contributed by atoms with Gasteiger partial charge in [-0.25, -0.2) is 4.39 Å². The minimum atomic E-state index is -0.677. The molecular formula is C13H11Br2FOS. The SMILES string of the molecule is Cc1cc(C(O)Cc2cc(Br)ccc2F)sc1Br. The number of rotatable bonds is 3. The first kappa shape index (κ1) is 14.2. The van der Waals surface area contributed by atoms with Crippen LogP contribution in [0.4, 0.5) is 4.39 Å². The van der Waals surface area contributed by atoms with Gasteiger partial charge in [-0.2, -0.15) is 0 Å². The zero-order valence-electron chi connectivity index (χ0n) is 9.58. The molecule has 1 atom stereocenters. The van der Waals surface area contributed by atoms with E-state index in [1.807, 2.05) is 13.0 Å². The number of hydrogen-bond acceptors (Lipinski definition) is 2. The Bertz CT molecular complexity index is 549. The molecule has 2 rings (SSSR count). The third-order valence-electron chi connectivity index (χ3n) is 2.63. The molecule has 0 radical (unpaired) electrons. The van der Waals surface area contributed by atoms with Crippen LogP contribution in [0.5, 0.6) is 0 Å². The van der Waals surface area contributed by atoms with Crippen LogP contribution in [0.1, 0.15) is 22.1 Å². The van der Waals surface area contributed by atoms with Crippen molar-refractivity contribution >= 4 is 43.2 Å². The Balaban J connectivity index is 2.20. The van der Waals surface area contributed by atoms with Gasteiger partial charge < -0.3 is 5.11 Å². The van der Waals surface area contributed by atoms with E-state index < -0.39 is 6.10 Å². The van der Waals surface area contributed by atoms with Gasteiger partial charge in [-0.3, -0.25) is 0 Å². The Hall–Kier alpha value is -0.230. The Labute approximate surface area is 126 Å². The van der Waals surface area contributed by atoms with E-state index in [-0.39, 0.29) is 12.2 Å². The first-order valence-corrected chi connectivity index (χ1v) is 7.75. The van der Waals surface area contributed by atoms with Crippen molar-refractivity contribution in [2.45, 2.75) is 19.4 Å². The van der Waals surface area contributed by atoms with Gasteiger partial charge in [-0.15, -0.1) is 11.3 Å². The van der Waals surface area contributed by atoms with Crippen molar-refractivity contribution in [3.63, 3.8) is 0 Å². The van der Waals surface area contributed by atoms with E-state index in [1.54, 1.807) is 12.1 Å². The minimum Gasteiger partial charge on any atom is -0.387 e. The maximum absolute atomic E-state index is 13.6. The highest BCUT2D eigenvalue weighted by Crippen LogP contribution is 2.33. The average Bonchev–Trinajstić information content (AvgIpc) is 2.64. The van der Waals surface area contributed by atoms with Crippen LogP contribution in [-0.4, -0.2) is 5.11 Å². The monoisotopic (exact) mass is 392 g/mol. The molecular weight excluding hydrogens is 383 g/mol. The maximum Gasteiger partial charge on any atom is 0.126 e. The lowest BCUT2D eigenvalue weighted by molar-refractivity contribution is 0.181. The third kappa shape index (κ3) is 3.20. The summed E-state index contributed by atoms with van der Waals surface area (Å²) < 4.78 is 15.4. The van der Waals surface area contributed by atoms with Gasteiger partial charge in [-0.05, 0) is 58.2 Å².